The molecule has 0 bridgehead atoms. The van der Waals surface area contributed by atoms with E-state index in [1.807, 2.05) is 61.5 Å². The van der Waals surface area contributed by atoms with Gasteiger partial charge >= 0.3 is 0 Å². The molecule has 0 aliphatic heterocycles. The summed E-state index contributed by atoms with van der Waals surface area (Å²) < 4.78 is 5.67. The average molecular weight is 445 g/mol. The molecule has 9 heteroatoms. The molecule has 0 saturated heterocycles. The molecule has 32 heavy (non-hydrogen) atoms. The molecule has 3 aromatic heterocycles. The molecule has 3 heterocycles. The van der Waals surface area contributed by atoms with Crippen LogP contribution in [0.15, 0.2) is 64.2 Å². The number of carbonyl (C=O) groups is 1. The number of para-hydroxylation sites is 2. The summed E-state index contributed by atoms with van der Waals surface area (Å²) >= 11 is 1.21. The molecule has 0 unspecified atom stereocenters. The number of hydrogen-bond acceptors (Lipinski definition) is 7. The lowest BCUT2D eigenvalue weighted by Gasteiger charge is -2.08. The monoisotopic (exact) mass is 444 g/mol. The largest absolute Gasteiger partial charge is 0.416 e. The fourth-order valence-corrected chi connectivity index (χ4v) is 4.01. The molecule has 2 aromatic carbocycles. The SMILES string of the molecule is Cc1ccc2c(NC(=O)CSc3nnc(CCc4nc5ccccc5[nH]4)o3)cccc2n1. The van der Waals surface area contributed by atoms with Gasteiger partial charge in [0, 0.05) is 23.9 Å². The van der Waals surface area contributed by atoms with Crippen LogP contribution in [-0.4, -0.2) is 36.8 Å². The number of anilines is 1. The van der Waals surface area contributed by atoms with E-state index in [-0.39, 0.29) is 11.7 Å². The van der Waals surface area contributed by atoms with E-state index in [2.05, 4.69) is 30.5 Å². The number of nitrogens with one attached hydrogen (secondary N) is 2. The third-order valence-electron chi connectivity index (χ3n) is 4.93. The van der Waals surface area contributed by atoms with Crippen molar-refractivity contribution in [3.05, 3.63) is 72.0 Å². The van der Waals surface area contributed by atoms with Gasteiger partial charge in [0.2, 0.25) is 11.8 Å². The van der Waals surface area contributed by atoms with Crippen LogP contribution in [0.3, 0.4) is 0 Å². The molecule has 0 radical (unpaired) electrons. The van der Waals surface area contributed by atoms with Crippen LogP contribution >= 0.6 is 11.8 Å². The number of benzene rings is 2. The predicted octanol–water partition coefficient (Wildman–Crippen LogP) is 4.32. The number of nitrogens with zero attached hydrogens (tertiary/aromatic N) is 4. The van der Waals surface area contributed by atoms with Crippen molar-refractivity contribution >= 4 is 45.3 Å². The van der Waals surface area contributed by atoms with Crippen molar-refractivity contribution in [2.45, 2.75) is 25.0 Å². The fourth-order valence-electron chi connectivity index (χ4n) is 3.43. The Bertz CT molecular complexity index is 1380. The smallest absolute Gasteiger partial charge is 0.277 e. The van der Waals surface area contributed by atoms with E-state index in [9.17, 15) is 4.79 Å². The van der Waals surface area contributed by atoms with Crippen molar-refractivity contribution < 1.29 is 9.21 Å². The second kappa shape index (κ2) is 8.80. The molecule has 0 fully saturated rings. The number of imidazole rings is 1. The van der Waals surface area contributed by atoms with Crippen molar-refractivity contribution in [2.75, 3.05) is 11.1 Å². The van der Waals surface area contributed by atoms with Crippen LogP contribution < -0.4 is 5.32 Å². The summed E-state index contributed by atoms with van der Waals surface area (Å²) in [4.78, 5) is 24.8. The van der Waals surface area contributed by atoms with Crippen molar-refractivity contribution in [2.24, 2.45) is 0 Å². The third kappa shape index (κ3) is 4.47. The summed E-state index contributed by atoms with van der Waals surface area (Å²) in [5.41, 5.74) is 4.46. The Labute approximate surface area is 187 Å². The molecule has 2 N–H and O–H groups in total. The number of aromatic nitrogens is 5. The van der Waals surface area contributed by atoms with Crippen LogP contribution in [0.4, 0.5) is 5.69 Å². The number of H-pyrrole nitrogens is 1. The van der Waals surface area contributed by atoms with Crippen molar-refractivity contribution in [3.63, 3.8) is 0 Å². The molecular weight excluding hydrogens is 424 g/mol. The Kier molecular flexibility index (Phi) is 5.55. The van der Waals surface area contributed by atoms with Crippen LogP contribution in [0.5, 0.6) is 0 Å². The lowest BCUT2D eigenvalue weighted by Crippen LogP contribution is -2.14. The quantitative estimate of drug-likeness (QED) is 0.360. The maximum absolute atomic E-state index is 12.4. The maximum Gasteiger partial charge on any atom is 0.277 e. The van der Waals surface area contributed by atoms with Gasteiger partial charge in [-0.25, -0.2) is 4.98 Å². The van der Waals surface area contributed by atoms with Gasteiger partial charge in [-0.2, -0.15) is 0 Å². The summed E-state index contributed by atoms with van der Waals surface area (Å²) in [5.74, 6) is 1.41. The van der Waals surface area contributed by atoms with Crippen LogP contribution in [0.1, 0.15) is 17.4 Å². The van der Waals surface area contributed by atoms with Gasteiger partial charge in [-0.15, -0.1) is 10.2 Å². The van der Waals surface area contributed by atoms with E-state index in [0.29, 0.717) is 24.0 Å². The van der Waals surface area contributed by atoms with E-state index in [4.69, 9.17) is 4.42 Å². The van der Waals surface area contributed by atoms with Gasteiger partial charge in [0.25, 0.3) is 5.22 Å². The fraction of sp³-hybridized carbons (Fsp3) is 0.174. The maximum atomic E-state index is 12.4. The molecule has 0 aliphatic rings. The minimum atomic E-state index is -0.148. The number of hydrogen-bond donors (Lipinski definition) is 2. The number of amides is 1. The number of aryl methyl sites for hydroxylation is 3. The van der Waals surface area contributed by atoms with Gasteiger partial charge in [0.15, 0.2) is 0 Å². The first kappa shape index (κ1) is 20.2. The Morgan fingerprint density at radius 3 is 2.78 bits per heavy atom. The highest BCUT2D eigenvalue weighted by atomic mass is 32.2. The van der Waals surface area contributed by atoms with E-state index in [1.54, 1.807) is 0 Å². The van der Waals surface area contributed by atoms with Gasteiger partial charge in [-0.05, 0) is 43.3 Å². The first-order chi connectivity index (χ1) is 15.6. The minimum absolute atomic E-state index is 0.148. The van der Waals surface area contributed by atoms with Crippen LogP contribution in [-0.2, 0) is 17.6 Å². The Morgan fingerprint density at radius 2 is 1.88 bits per heavy atom. The normalized spacial score (nSPS) is 11.3. The lowest BCUT2D eigenvalue weighted by molar-refractivity contribution is -0.113. The Balaban J connectivity index is 1.16. The number of carbonyl (C=O) groups excluding carboxylic acids is 1. The standard InChI is InChI=1S/C23H20N6O2S/c1-14-9-10-15-16(24-14)7-4-8-17(15)27-21(30)13-32-23-29-28-22(31-23)12-11-20-25-18-5-2-3-6-19(18)26-20/h2-10H,11-13H2,1H3,(H,25,26)(H,27,30). The molecule has 5 rings (SSSR count). The Hall–Kier alpha value is -3.72. The second-order valence-electron chi connectivity index (χ2n) is 7.32. The zero-order valence-corrected chi connectivity index (χ0v) is 18.1. The zero-order chi connectivity index (χ0) is 21.9. The van der Waals surface area contributed by atoms with E-state index >= 15 is 0 Å². The average Bonchev–Trinajstić information content (AvgIpc) is 3.42. The third-order valence-corrected chi connectivity index (χ3v) is 5.75. The van der Waals surface area contributed by atoms with Crippen LogP contribution in [0, 0.1) is 6.92 Å². The summed E-state index contributed by atoms with van der Waals surface area (Å²) in [6.45, 7) is 1.94. The minimum Gasteiger partial charge on any atom is -0.416 e. The highest BCUT2D eigenvalue weighted by Crippen LogP contribution is 2.23. The molecule has 0 spiro atoms. The van der Waals surface area contributed by atoms with Crippen LogP contribution in [0.25, 0.3) is 21.9 Å². The lowest BCUT2D eigenvalue weighted by atomic mass is 10.1. The first-order valence-electron chi connectivity index (χ1n) is 10.2. The first-order valence-corrected chi connectivity index (χ1v) is 11.2. The van der Waals surface area contributed by atoms with Crippen molar-refractivity contribution in [1.29, 1.82) is 0 Å². The van der Waals surface area contributed by atoms with Gasteiger partial charge in [0.1, 0.15) is 5.82 Å². The number of rotatable bonds is 7. The predicted molar refractivity (Wildman–Crippen MR) is 124 cm³/mol. The van der Waals surface area contributed by atoms with Gasteiger partial charge in [-0.3, -0.25) is 9.78 Å². The summed E-state index contributed by atoms with van der Waals surface area (Å²) in [6.07, 6.45) is 1.23. The summed E-state index contributed by atoms with van der Waals surface area (Å²) in [6, 6.07) is 17.5. The zero-order valence-electron chi connectivity index (χ0n) is 17.3. The van der Waals surface area contributed by atoms with Gasteiger partial charge < -0.3 is 14.7 Å². The highest BCUT2D eigenvalue weighted by molar-refractivity contribution is 7.99. The number of thioether (sulfide) groups is 1. The molecule has 0 atom stereocenters. The van der Waals surface area contributed by atoms with Gasteiger partial charge in [-0.1, -0.05) is 30.0 Å². The molecule has 5 aromatic rings. The molecule has 0 aliphatic carbocycles. The molecular formula is C23H20N6O2S. The second-order valence-corrected chi connectivity index (χ2v) is 8.25. The highest BCUT2D eigenvalue weighted by Gasteiger charge is 2.12. The molecule has 1 amide bonds. The topological polar surface area (TPSA) is 110 Å². The van der Waals surface area contributed by atoms with E-state index < -0.39 is 0 Å². The van der Waals surface area contributed by atoms with Crippen molar-refractivity contribution in [1.82, 2.24) is 25.1 Å². The molecule has 8 nitrogen and oxygen atoms in total. The number of pyridine rings is 1. The van der Waals surface area contributed by atoms with E-state index in [1.165, 1.54) is 11.8 Å². The molecule has 160 valence electrons. The van der Waals surface area contributed by atoms with E-state index in [0.717, 1.165) is 39.1 Å². The Morgan fingerprint density at radius 1 is 1.00 bits per heavy atom. The van der Waals surface area contributed by atoms with Crippen LogP contribution in [0.2, 0.25) is 0 Å². The summed E-state index contributed by atoms with van der Waals surface area (Å²) in [7, 11) is 0. The van der Waals surface area contributed by atoms with Gasteiger partial charge in [0.05, 0.1) is 28.0 Å². The molecule has 0 saturated carbocycles. The summed E-state index contributed by atoms with van der Waals surface area (Å²) in [5, 5.41) is 12.3. The number of aromatic amines is 1. The number of fused-ring (bicyclic) bond motifs is 2. The van der Waals surface area contributed by atoms with Crippen molar-refractivity contribution in [3.8, 4) is 0 Å².